The summed E-state index contributed by atoms with van der Waals surface area (Å²) < 4.78 is 4.70. The minimum Gasteiger partial charge on any atom is -0.468 e. The van der Waals surface area contributed by atoms with Gasteiger partial charge in [0.15, 0.2) is 0 Å². The van der Waals surface area contributed by atoms with Crippen molar-refractivity contribution < 1.29 is 14.3 Å². The van der Waals surface area contributed by atoms with Gasteiger partial charge in [0.05, 0.1) is 35.5 Å². The molecule has 0 radical (unpaired) electrons. The van der Waals surface area contributed by atoms with Gasteiger partial charge in [0.25, 0.3) is 5.91 Å². The Morgan fingerprint density at radius 1 is 1.19 bits per heavy atom. The minimum absolute atomic E-state index is 0.0259. The van der Waals surface area contributed by atoms with Gasteiger partial charge in [0, 0.05) is 22.0 Å². The van der Waals surface area contributed by atoms with Crippen LogP contribution in [-0.4, -0.2) is 24.7 Å². The molecule has 1 aliphatic rings. The number of dihydropyridines is 1. The van der Waals surface area contributed by atoms with Crippen LogP contribution in [-0.2, 0) is 14.3 Å². The highest BCUT2D eigenvalue weighted by Crippen LogP contribution is 2.43. The van der Waals surface area contributed by atoms with Crippen LogP contribution < -0.4 is 10.6 Å². The molecule has 6 nitrogen and oxygen atoms in total. The van der Waals surface area contributed by atoms with Gasteiger partial charge in [-0.15, -0.1) is 0 Å². The van der Waals surface area contributed by atoms with E-state index in [1.54, 1.807) is 37.3 Å². The molecule has 1 amide bonds. The highest BCUT2D eigenvalue weighted by molar-refractivity contribution is 8.03. The molecule has 1 atom stereocenters. The van der Waals surface area contributed by atoms with Crippen molar-refractivity contribution in [2.45, 2.75) is 12.8 Å². The number of hydrogen-bond donors (Lipinski definition) is 2. The molecule has 0 aliphatic carbocycles. The van der Waals surface area contributed by atoms with Crippen LogP contribution in [0.4, 0.5) is 5.69 Å². The van der Waals surface area contributed by atoms with Gasteiger partial charge < -0.3 is 15.4 Å². The number of anilines is 1. The number of carbonyl (C=O) groups excluding carboxylic acids is 2. The Kier molecular flexibility index (Phi) is 7.40. The smallest absolute Gasteiger partial charge is 0.316 e. The zero-order chi connectivity index (χ0) is 22.4. The van der Waals surface area contributed by atoms with E-state index in [0.717, 1.165) is 11.8 Å². The summed E-state index contributed by atoms with van der Waals surface area (Å²) in [4.78, 5) is 24.9. The number of thioether (sulfide) groups is 1. The van der Waals surface area contributed by atoms with Crippen LogP contribution in [0.1, 0.15) is 18.4 Å². The minimum atomic E-state index is -0.691. The summed E-state index contributed by atoms with van der Waals surface area (Å²) in [6, 6.07) is 18.4. The molecule has 2 N–H and O–H groups in total. The van der Waals surface area contributed by atoms with Gasteiger partial charge in [0.2, 0.25) is 0 Å². The number of benzene rings is 2. The number of nitrogens with zero attached hydrogens (tertiary/aromatic N) is 1. The fourth-order valence-corrected chi connectivity index (χ4v) is 4.43. The van der Waals surface area contributed by atoms with Crippen molar-refractivity contribution in [2.24, 2.45) is 0 Å². The number of methoxy groups -OCH3 is 1. The highest BCUT2D eigenvalue weighted by atomic mass is 35.5. The Morgan fingerprint density at radius 3 is 2.52 bits per heavy atom. The monoisotopic (exact) mass is 453 g/mol. The number of ether oxygens (including phenoxy) is 1. The number of para-hydroxylation sites is 1. The first-order chi connectivity index (χ1) is 15.0. The Morgan fingerprint density at radius 2 is 1.87 bits per heavy atom. The summed E-state index contributed by atoms with van der Waals surface area (Å²) in [7, 11) is 1.31. The Labute approximate surface area is 189 Å². The summed E-state index contributed by atoms with van der Waals surface area (Å²) in [5.41, 5.74) is 2.54. The van der Waals surface area contributed by atoms with Gasteiger partial charge in [-0.3, -0.25) is 9.59 Å². The van der Waals surface area contributed by atoms with Crippen LogP contribution in [0.5, 0.6) is 0 Å². The SMILES string of the molecule is COC(=O)CSC1=C(C#N)[C@@H](c2ccccc2Cl)C(C(=O)Nc2ccccc2)=C(C)N1. The summed E-state index contributed by atoms with van der Waals surface area (Å²) >= 11 is 7.62. The number of nitrogens with one attached hydrogen (secondary N) is 2. The quantitative estimate of drug-likeness (QED) is 0.622. The number of allylic oxidation sites excluding steroid dienone is 2. The Balaban J connectivity index is 2.07. The molecule has 0 fully saturated rings. The van der Waals surface area contributed by atoms with Gasteiger partial charge in [0.1, 0.15) is 0 Å². The Bertz CT molecular complexity index is 1110. The molecule has 0 saturated carbocycles. The van der Waals surface area contributed by atoms with Crippen LogP contribution >= 0.6 is 23.4 Å². The second-order valence-electron chi connectivity index (χ2n) is 6.66. The van der Waals surface area contributed by atoms with E-state index in [1.807, 2.05) is 24.3 Å². The molecular formula is C23H20ClN3O3S. The molecule has 2 aromatic carbocycles. The van der Waals surface area contributed by atoms with E-state index < -0.39 is 11.9 Å². The largest absolute Gasteiger partial charge is 0.468 e. The van der Waals surface area contributed by atoms with E-state index >= 15 is 0 Å². The first-order valence-electron chi connectivity index (χ1n) is 9.38. The highest BCUT2D eigenvalue weighted by Gasteiger charge is 2.35. The third-order valence-electron chi connectivity index (χ3n) is 4.70. The molecular weight excluding hydrogens is 434 g/mol. The molecule has 31 heavy (non-hydrogen) atoms. The molecule has 0 saturated heterocycles. The van der Waals surface area contributed by atoms with Gasteiger partial charge in [-0.05, 0) is 30.7 Å². The van der Waals surface area contributed by atoms with Crippen LogP contribution in [0.3, 0.4) is 0 Å². The molecule has 3 rings (SSSR count). The van der Waals surface area contributed by atoms with Gasteiger partial charge in [-0.1, -0.05) is 59.8 Å². The number of amides is 1. The van der Waals surface area contributed by atoms with Crippen molar-refractivity contribution >= 4 is 40.9 Å². The number of nitriles is 1. The summed E-state index contributed by atoms with van der Waals surface area (Å²) in [6.45, 7) is 1.76. The number of rotatable bonds is 6. The molecule has 0 aromatic heterocycles. The summed E-state index contributed by atoms with van der Waals surface area (Å²) in [5.74, 6) is -1.42. The van der Waals surface area contributed by atoms with Crippen molar-refractivity contribution in [3.8, 4) is 6.07 Å². The maximum Gasteiger partial charge on any atom is 0.316 e. The molecule has 0 bridgehead atoms. The van der Waals surface area contributed by atoms with E-state index in [0.29, 0.717) is 38.1 Å². The molecule has 0 unspecified atom stereocenters. The van der Waals surface area contributed by atoms with E-state index in [2.05, 4.69) is 16.7 Å². The third kappa shape index (κ3) is 5.10. The molecule has 8 heteroatoms. The average Bonchev–Trinajstić information content (AvgIpc) is 2.77. The number of esters is 1. The van der Waals surface area contributed by atoms with Crippen molar-refractivity contribution in [3.63, 3.8) is 0 Å². The van der Waals surface area contributed by atoms with Crippen LogP contribution in [0, 0.1) is 11.3 Å². The number of halogens is 1. The number of hydrogen-bond acceptors (Lipinski definition) is 6. The maximum atomic E-state index is 13.3. The standard InChI is InChI=1S/C23H20ClN3O3S/c1-14-20(22(29)27-15-8-4-3-5-9-15)21(16-10-6-7-11-18(16)24)17(12-25)23(26-14)31-13-19(28)30-2/h3-11,21,26H,13H2,1-2H3,(H,27,29)/t21-/m1/s1. The predicted molar refractivity (Wildman–Crippen MR) is 122 cm³/mol. The topological polar surface area (TPSA) is 91.2 Å². The van der Waals surface area contributed by atoms with Crippen LogP contribution in [0.15, 0.2) is 76.5 Å². The van der Waals surface area contributed by atoms with Crippen molar-refractivity contribution in [1.82, 2.24) is 5.32 Å². The third-order valence-corrected chi connectivity index (χ3v) is 6.04. The first-order valence-corrected chi connectivity index (χ1v) is 10.7. The fraction of sp³-hybridized carbons (Fsp3) is 0.174. The lowest BCUT2D eigenvalue weighted by Gasteiger charge is -2.30. The van der Waals surface area contributed by atoms with Crippen LogP contribution in [0.2, 0.25) is 5.02 Å². The second-order valence-corrected chi connectivity index (χ2v) is 8.05. The van der Waals surface area contributed by atoms with Crippen molar-refractivity contribution in [2.75, 3.05) is 18.2 Å². The lowest BCUT2D eigenvalue weighted by atomic mass is 9.82. The molecule has 1 aliphatic heterocycles. The van der Waals surface area contributed by atoms with E-state index in [4.69, 9.17) is 16.3 Å². The summed E-state index contributed by atoms with van der Waals surface area (Å²) in [6.07, 6.45) is 0. The molecule has 158 valence electrons. The van der Waals surface area contributed by atoms with Crippen molar-refractivity contribution in [1.29, 1.82) is 5.26 Å². The molecule has 2 aromatic rings. The molecule has 0 spiro atoms. The van der Waals surface area contributed by atoms with E-state index in [-0.39, 0.29) is 11.7 Å². The Hall–Kier alpha value is -3.21. The maximum absolute atomic E-state index is 13.3. The predicted octanol–water partition coefficient (Wildman–Crippen LogP) is 4.58. The van der Waals surface area contributed by atoms with Gasteiger partial charge in [-0.2, -0.15) is 5.26 Å². The second kappa shape index (κ2) is 10.2. The van der Waals surface area contributed by atoms with E-state index in [9.17, 15) is 14.9 Å². The fourth-order valence-electron chi connectivity index (χ4n) is 3.26. The normalized spacial score (nSPS) is 15.7. The number of carbonyl (C=O) groups is 2. The first kappa shape index (κ1) is 22.5. The van der Waals surface area contributed by atoms with Gasteiger partial charge in [-0.25, -0.2) is 0 Å². The van der Waals surface area contributed by atoms with Crippen molar-refractivity contribution in [3.05, 3.63) is 87.1 Å². The lowest BCUT2D eigenvalue weighted by molar-refractivity contribution is -0.137. The lowest BCUT2D eigenvalue weighted by Crippen LogP contribution is -2.31. The zero-order valence-corrected chi connectivity index (χ0v) is 18.5. The average molecular weight is 454 g/mol. The van der Waals surface area contributed by atoms with Crippen LogP contribution in [0.25, 0.3) is 0 Å². The zero-order valence-electron chi connectivity index (χ0n) is 16.9. The molecule has 1 heterocycles. The summed E-state index contributed by atoms with van der Waals surface area (Å²) in [5, 5.41) is 16.9. The van der Waals surface area contributed by atoms with E-state index in [1.165, 1.54) is 7.11 Å². The van der Waals surface area contributed by atoms with Gasteiger partial charge >= 0.3 is 5.97 Å².